The molecule has 94 valence electrons. The van der Waals surface area contributed by atoms with Crippen molar-refractivity contribution >= 4 is 0 Å². The van der Waals surface area contributed by atoms with Crippen LogP contribution < -0.4 is 5.32 Å². The first kappa shape index (κ1) is 11.5. The summed E-state index contributed by atoms with van der Waals surface area (Å²) < 4.78 is 1.87. The first-order chi connectivity index (χ1) is 8.83. The van der Waals surface area contributed by atoms with E-state index < -0.39 is 0 Å². The number of rotatable bonds is 3. The third kappa shape index (κ3) is 2.31. The molecule has 2 heterocycles. The Morgan fingerprint density at radius 1 is 1.33 bits per heavy atom. The SMILES string of the molecule is Cn1cc(CCc2cccc3c2CNCC3)cn1. The van der Waals surface area contributed by atoms with E-state index in [1.165, 1.54) is 22.3 Å². The highest BCUT2D eigenvalue weighted by atomic mass is 15.2. The number of fused-ring (bicyclic) bond motifs is 1. The summed E-state index contributed by atoms with van der Waals surface area (Å²) in [5, 5.41) is 7.69. The third-order valence-corrected chi connectivity index (χ3v) is 3.68. The quantitative estimate of drug-likeness (QED) is 0.889. The molecule has 0 saturated heterocycles. The van der Waals surface area contributed by atoms with Gasteiger partial charge in [0.2, 0.25) is 0 Å². The van der Waals surface area contributed by atoms with Crippen molar-refractivity contribution in [1.29, 1.82) is 0 Å². The minimum Gasteiger partial charge on any atom is -0.312 e. The lowest BCUT2D eigenvalue weighted by atomic mass is 9.93. The molecular weight excluding hydrogens is 222 g/mol. The van der Waals surface area contributed by atoms with Crippen molar-refractivity contribution in [3.05, 3.63) is 52.8 Å². The second-order valence-electron chi connectivity index (χ2n) is 5.00. The van der Waals surface area contributed by atoms with Crippen LogP contribution in [0.25, 0.3) is 0 Å². The molecule has 1 aromatic carbocycles. The molecule has 0 unspecified atom stereocenters. The van der Waals surface area contributed by atoms with Crippen LogP contribution in [-0.4, -0.2) is 16.3 Å². The number of aromatic nitrogens is 2. The van der Waals surface area contributed by atoms with Crippen molar-refractivity contribution in [2.24, 2.45) is 7.05 Å². The summed E-state index contributed by atoms with van der Waals surface area (Å²) in [7, 11) is 1.97. The van der Waals surface area contributed by atoms with Gasteiger partial charge in [0.05, 0.1) is 6.20 Å². The molecule has 0 radical (unpaired) electrons. The third-order valence-electron chi connectivity index (χ3n) is 3.68. The van der Waals surface area contributed by atoms with Crippen LogP contribution >= 0.6 is 0 Å². The maximum absolute atomic E-state index is 4.22. The Morgan fingerprint density at radius 2 is 2.28 bits per heavy atom. The van der Waals surface area contributed by atoms with Crippen LogP contribution in [0.1, 0.15) is 22.3 Å². The Labute approximate surface area is 108 Å². The second-order valence-corrected chi connectivity index (χ2v) is 5.00. The highest BCUT2D eigenvalue weighted by Gasteiger charge is 2.12. The Kier molecular flexibility index (Phi) is 3.15. The molecule has 0 aliphatic carbocycles. The Balaban J connectivity index is 1.76. The van der Waals surface area contributed by atoms with Gasteiger partial charge in [0.25, 0.3) is 0 Å². The van der Waals surface area contributed by atoms with Crippen molar-refractivity contribution in [2.45, 2.75) is 25.8 Å². The van der Waals surface area contributed by atoms with Gasteiger partial charge in [-0.2, -0.15) is 5.10 Å². The van der Waals surface area contributed by atoms with Gasteiger partial charge in [0.15, 0.2) is 0 Å². The fourth-order valence-electron chi connectivity index (χ4n) is 2.70. The Hall–Kier alpha value is -1.61. The van der Waals surface area contributed by atoms with Crippen molar-refractivity contribution < 1.29 is 0 Å². The largest absolute Gasteiger partial charge is 0.312 e. The topological polar surface area (TPSA) is 29.9 Å². The van der Waals surface area contributed by atoms with E-state index in [4.69, 9.17) is 0 Å². The van der Waals surface area contributed by atoms with Crippen LogP contribution in [-0.2, 0) is 32.9 Å². The van der Waals surface area contributed by atoms with Crippen LogP contribution in [0.5, 0.6) is 0 Å². The first-order valence-corrected chi connectivity index (χ1v) is 6.61. The molecule has 1 aromatic heterocycles. The van der Waals surface area contributed by atoms with Gasteiger partial charge >= 0.3 is 0 Å². The number of benzene rings is 1. The van der Waals surface area contributed by atoms with Crippen molar-refractivity contribution in [2.75, 3.05) is 6.54 Å². The van der Waals surface area contributed by atoms with Gasteiger partial charge in [-0.3, -0.25) is 4.68 Å². The zero-order valence-electron chi connectivity index (χ0n) is 10.8. The van der Waals surface area contributed by atoms with Gasteiger partial charge in [-0.15, -0.1) is 0 Å². The van der Waals surface area contributed by atoms with Gasteiger partial charge in [0, 0.05) is 19.8 Å². The van der Waals surface area contributed by atoms with Gasteiger partial charge in [-0.05, 0) is 48.1 Å². The lowest BCUT2D eigenvalue weighted by Crippen LogP contribution is -2.24. The summed E-state index contributed by atoms with van der Waals surface area (Å²) in [5.41, 5.74) is 5.85. The van der Waals surface area contributed by atoms with Crippen LogP contribution in [0, 0.1) is 0 Å². The fourth-order valence-corrected chi connectivity index (χ4v) is 2.70. The minimum atomic E-state index is 1.03. The average Bonchev–Trinajstić information content (AvgIpc) is 2.82. The maximum atomic E-state index is 4.22. The lowest BCUT2D eigenvalue weighted by molar-refractivity contribution is 0.636. The van der Waals surface area contributed by atoms with E-state index in [1.807, 2.05) is 17.9 Å². The molecule has 0 spiro atoms. The molecule has 1 N–H and O–H groups in total. The van der Waals surface area contributed by atoms with E-state index in [-0.39, 0.29) is 0 Å². The number of hydrogen-bond donors (Lipinski definition) is 1. The molecule has 3 nitrogen and oxygen atoms in total. The second kappa shape index (κ2) is 4.94. The molecule has 0 bridgehead atoms. The molecule has 3 rings (SSSR count). The number of nitrogens with one attached hydrogen (secondary N) is 1. The van der Waals surface area contributed by atoms with Gasteiger partial charge in [0.1, 0.15) is 0 Å². The monoisotopic (exact) mass is 241 g/mol. The molecule has 1 aliphatic heterocycles. The van der Waals surface area contributed by atoms with Crippen molar-refractivity contribution in [3.63, 3.8) is 0 Å². The van der Waals surface area contributed by atoms with Crippen LogP contribution in [0.3, 0.4) is 0 Å². The highest BCUT2D eigenvalue weighted by Crippen LogP contribution is 2.20. The zero-order valence-corrected chi connectivity index (χ0v) is 10.8. The number of aryl methyl sites for hydroxylation is 3. The van der Waals surface area contributed by atoms with Crippen LogP contribution in [0.4, 0.5) is 0 Å². The molecule has 2 aromatic rings. The van der Waals surface area contributed by atoms with E-state index >= 15 is 0 Å². The average molecular weight is 241 g/mol. The van der Waals surface area contributed by atoms with E-state index in [1.54, 1.807) is 0 Å². The van der Waals surface area contributed by atoms with E-state index in [9.17, 15) is 0 Å². The predicted molar refractivity (Wildman–Crippen MR) is 72.5 cm³/mol. The summed E-state index contributed by atoms with van der Waals surface area (Å²) in [6.07, 6.45) is 7.41. The number of nitrogens with zero attached hydrogens (tertiary/aromatic N) is 2. The van der Waals surface area contributed by atoms with Gasteiger partial charge in [-0.1, -0.05) is 18.2 Å². The minimum absolute atomic E-state index is 1.03. The van der Waals surface area contributed by atoms with Crippen LogP contribution in [0.15, 0.2) is 30.6 Å². The van der Waals surface area contributed by atoms with Gasteiger partial charge in [-0.25, -0.2) is 0 Å². The molecule has 0 atom stereocenters. The Morgan fingerprint density at radius 3 is 3.11 bits per heavy atom. The molecule has 0 fully saturated rings. The predicted octanol–water partition coefficient (Wildman–Crippen LogP) is 1.85. The van der Waals surface area contributed by atoms with E-state index in [0.29, 0.717) is 0 Å². The van der Waals surface area contributed by atoms with E-state index in [2.05, 4.69) is 34.8 Å². The molecule has 3 heteroatoms. The summed E-state index contributed by atoms with van der Waals surface area (Å²) in [6.45, 7) is 2.14. The molecule has 18 heavy (non-hydrogen) atoms. The Bertz CT molecular complexity index is 542. The lowest BCUT2D eigenvalue weighted by Gasteiger charge is -2.20. The van der Waals surface area contributed by atoms with Crippen molar-refractivity contribution in [1.82, 2.24) is 15.1 Å². The zero-order chi connectivity index (χ0) is 12.4. The maximum Gasteiger partial charge on any atom is 0.0521 e. The summed E-state index contributed by atoms with van der Waals surface area (Å²) in [4.78, 5) is 0. The standard InChI is InChI=1S/C15H19N3/c1-18-11-12(9-17-18)5-6-13-3-2-4-14-7-8-16-10-15(13)14/h2-4,9,11,16H,5-8,10H2,1H3. The van der Waals surface area contributed by atoms with E-state index in [0.717, 1.165) is 32.4 Å². The summed E-state index contributed by atoms with van der Waals surface area (Å²) in [5.74, 6) is 0. The highest BCUT2D eigenvalue weighted by molar-refractivity contribution is 5.37. The van der Waals surface area contributed by atoms with Crippen LogP contribution in [0.2, 0.25) is 0 Å². The molecule has 0 saturated carbocycles. The van der Waals surface area contributed by atoms with Crippen molar-refractivity contribution in [3.8, 4) is 0 Å². The normalized spacial score (nSPS) is 14.5. The molecule has 0 amide bonds. The fraction of sp³-hybridized carbons (Fsp3) is 0.400. The smallest absolute Gasteiger partial charge is 0.0521 e. The number of hydrogen-bond acceptors (Lipinski definition) is 2. The molecule has 1 aliphatic rings. The first-order valence-electron chi connectivity index (χ1n) is 6.61. The summed E-state index contributed by atoms with van der Waals surface area (Å²) in [6, 6.07) is 6.73. The summed E-state index contributed by atoms with van der Waals surface area (Å²) >= 11 is 0. The van der Waals surface area contributed by atoms with Gasteiger partial charge < -0.3 is 5.32 Å². The molecular formula is C15H19N3.